The fourth-order valence-corrected chi connectivity index (χ4v) is 1.96. The standard InChI is InChI=1S/C14H15N3S/c1-2-15-14(18)17-16-10-12-8-5-7-11-6-3-4-9-13(11)12/h3-10H,2H2,1H3,(H2,15,17,18)/p+1. The zero-order valence-corrected chi connectivity index (χ0v) is 11.1. The van der Waals surface area contributed by atoms with Gasteiger partial charge in [-0.3, -0.25) is 0 Å². The number of hydrogen-bond acceptors (Lipinski definition) is 1. The van der Waals surface area contributed by atoms with Crippen molar-refractivity contribution in [3.63, 3.8) is 0 Å². The van der Waals surface area contributed by atoms with Gasteiger partial charge in [-0.25, -0.2) is 0 Å². The second-order valence-corrected chi connectivity index (χ2v) is 4.25. The lowest BCUT2D eigenvalue weighted by Crippen LogP contribution is -2.82. The van der Waals surface area contributed by atoms with Crippen molar-refractivity contribution >= 4 is 34.3 Å². The lowest BCUT2D eigenvalue weighted by molar-refractivity contribution is -0.500. The van der Waals surface area contributed by atoms with Crippen molar-refractivity contribution < 1.29 is 5.10 Å². The van der Waals surface area contributed by atoms with Gasteiger partial charge in [-0.2, -0.15) is 0 Å². The molecule has 2 aromatic rings. The molecule has 3 nitrogen and oxygen atoms in total. The Morgan fingerprint density at radius 1 is 1.22 bits per heavy atom. The van der Waals surface area contributed by atoms with Crippen LogP contribution in [-0.2, 0) is 0 Å². The minimum atomic E-state index is 0.592. The first-order valence-electron chi connectivity index (χ1n) is 5.91. The van der Waals surface area contributed by atoms with Gasteiger partial charge in [-0.1, -0.05) is 36.4 Å². The second kappa shape index (κ2) is 6.12. The molecule has 0 aromatic heterocycles. The maximum Gasteiger partial charge on any atom is 0.223 e. The second-order valence-electron chi connectivity index (χ2n) is 3.84. The molecular weight excluding hydrogens is 242 g/mol. The van der Waals surface area contributed by atoms with E-state index in [9.17, 15) is 0 Å². The molecule has 0 aliphatic rings. The number of hydrazone groups is 1. The highest BCUT2D eigenvalue weighted by Crippen LogP contribution is 2.15. The van der Waals surface area contributed by atoms with Gasteiger partial charge in [0.05, 0.1) is 0 Å². The smallest absolute Gasteiger partial charge is 0.223 e. The van der Waals surface area contributed by atoms with Gasteiger partial charge >= 0.3 is 0 Å². The zero-order valence-electron chi connectivity index (χ0n) is 10.2. The van der Waals surface area contributed by atoms with Crippen molar-refractivity contribution in [3.8, 4) is 0 Å². The van der Waals surface area contributed by atoms with E-state index in [-0.39, 0.29) is 0 Å². The molecule has 0 saturated carbocycles. The molecule has 0 spiro atoms. The summed E-state index contributed by atoms with van der Waals surface area (Å²) in [5.41, 5.74) is 4.04. The van der Waals surface area contributed by atoms with E-state index in [4.69, 9.17) is 12.2 Å². The maximum absolute atomic E-state index is 5.06. The van der Waals surface area contributed by atoms with Gasteiger partial charge in [0.1, 0.15) is 0 Å². The molecule has 92 valence electrons. The van der Waals surface area contributed by atoms with E-state index in [1.54, 1.807) is 0 Å². The molecule has 0 heterocycles. The summed E-state index contributed by atoms with van der Waals surface area (Å²) in [6.45, 7) is 2.81. The van der Waals surface area contributed by atoms with Crippen LogP contribution in [0.2, 0.25) is 0 Å². The van der Waals surface area contributed by atoms with Crippen LogP contribution in [0.25, 0.3) is 10.8 Å². The molecule has 0 bridgehead atoms. The number of nitrogens with one attached hydrogen (secondary N) is 3. The average molecular weight is 258 g/mol. The average Bonchev–Trinajstić information content (AvgIpc) is 2.39. The third kappa shape index (κ3) is 3.05. The summed E-state index contributed by atoms with van der Waals surface area (Å²) in [5.74, 6) is 0. The predicted molar refractivity (Wildman–Crippen MR) is 79.5 cm³/mol. The summed E-state index contributed by atoms with van der Waals surface area (Å²) < 4.78 is 0. The van der Waals surface area contributed by atoms with Crippen LogP contribution in [0.4, 0.5) is 0 Å². The highest BCUT2D eigenvalue weighted by molar-refractivity contribution is 7.80. The maximum atomic E-state index is 5.06. The Balaban J connectivity index is 2.16. The van der Waals surface area contributed by atoms with Crippen molar-refractivity contribution in [3.05, 3.63) is 48.0 Å². The van der Waals surface area contributed by atoms with Crippen LogP contribution in [0.15, 0.2) is 42.5 Å². The van der Waals surface area contributed by atoms with Gasteiger partial charge in [0.15, 0.2) is 6.21 Å². The van der Waals surface area contributed by atoms with Crippen LogP contribution in [0.1, 0.15) is 12.5 Å². The van der Waals surface area contributed by atoms with Gasteiger partial charge in [0.25, 0.3) is 0 Å². The van der Waals surface area contributed by atoms with Crippen molar-refractivity contribution in [1.82, 2.24) is 10.7 Å². The number of thiocarbonyl (C=S) groups is 1. The Labute approximate surface area is 112 Å². The van der Waals surface area contributed by atoms with Crippen LogP contribution < -0.4 is 15.8 Å². The summed E-state index contributed by atoms with van der Waals surface area (Å²) in [5, 5.41) is 9.03. The molecule has 2 aromatic carbocycles. The minimum Gasteiger partial charge on any atom is -0.359 e. The highest BCUT2D eigenvalue weighted by atomic mass is 32.1. The molecule has 4 heteroatoms. The zero-order chi connectivity index (χ0) is 12.8. The van der Waals surface area contributed by atoms with Crippen LogP contribution in [0.5, 0.6) is 0 Å². The Kier molecular flexibility index (Phi) is 4.25. The fraction of sp³-hybridized carbons (Fsp3) is 0.143. The minimum absolute atomic E-state index is 0.592. The number of hydrogen-bond donors (Lipinski definition) is 3. The topological polar surface area (TPSA) is 38.0 Å². The highest BCUT2D eigenvalue weighted by Gasteiger charge is 2.00. The van der Waals surface area contributed by atoms with Crippen LogP contribution in [0.3, 0.4) is 0 Å². The molecule has 3 N–H and O–H groups in total. The lowest BCUT2D eigenvalue weighted by Gasteiger charge is -2.00. The van der Waals surface area contributed by atoms with E-state index in [1.807, 2.05) is 31.3 Å². The molecule has 0 aliphatic heterocycles. The Hall–Kier alpha value is -1.94. The van der Waals surface area contributed by atoms with Crippen molar-refractivity contribution in [2.75, 3.05) is 6.54 Å². The first-order chi connectivity index (χ1) is 8.81. The van der Waals surface area contributed by atoms with E-state index in [2.05, 4.69) is 40.1 Å². The van der Waals surface area contributed by atoms with E-state index in [1.165, 1.54) is 10.8 Å². The monoisotopic (exact) mass is 258 g/mol. The van der Waals surface area contributed by atoms with Gasteiger partial charge in [0.2, 0.25) is 5.11 Å². The van der Waals surface area contributed by atoms with Crippen molar-refractivity contribution in [2.45, 2.75) is 6.92 Å². The van der Waals surface area contributed by atoms with Crippen LogP contribution in [-0.4, -0.2) is 17.9 Å². The summed E-state index contributed by atoms with van der Waals surface area (Å²) >= 11 is 5.06. The number of rotatable bonds is 3. The molecule has 0 radical (unpaired) electrons. The molecular formula is C14H16N3S+. The molecule has 18 heavy (non-hydrogen) atoms. The predicted octanol–water partition coefficient (Wildman–Crippen LogP) is 0.738. The van der Waals surface area contributed by atoms with E-state index in [0.29, 0.717) is 5.11 Å². The third-order valence-electron chi connectivity index (χ3n) is 2.57. The fourth-order valence-electron chi connectivity index (χ4n) is 1.76. The summed E-state index contributed by atoms with van der Waals surface area (Å²) in [7, 11) is 0. The normalized spacial score (nSPS) is 10.7. The largest absolute Gasteiger partial charge is 0.359 e. The first kappa shape index (κ1) is 12.5. The van der Waals surface area contributed by atoms with E-state index < -0.39 is 0 Å². The molecule has 0 saturated heterocycles. The molecule has 0 aliphatic carbocycles. The molecule has 0 unspecified atom stereocenters. The van der Waals surface area contributed by atoms with Crippen molar-refractivity contribution in [2.24, 2.45) is 0 Å². The first-order valence-corrected chi connectivity index (χ1v) is 6.32. The van der Waals surface area contributed by atoms with Crippen LogP contribution in [0, 0.1) is 0 Å². The molecule has 0 atom stereocenters. The summed E-state index contributed by atoms with van der Waals surface area (Å²) in [6.07, 6.45) is 1.91. The summed E-state index contributed by atoms with van der Waals surface area (Å²) in [6, 6.07) is 14.5. The lowest BCUT2D eigenvalue weighted by atomic mass is 10.1. The van der Waals surface area contributed by atoms with Gasteiger partial charge < -0.3 is 5.32 Å². The third-order valence-corrected chi connectivity index (χ3v) is 2.82. The Morgan fingerprint density at radius 3 is 2.83 bits per heavy atom. The Morgan fingerprint density at radius 2 is 2.00 bits per heavy atom. The molecule has 0 amide bonds. The molecule has 2 rings (SSSR count). The van der Waals surface area contributed by atoms with Crippen molar-refractivity contribution in [1.29, 1.82) is 0 Å². The van der Waals surface area contributed by atoms with Gasteiger partial charge in [-0.15, -0.1) is 10.5 Å². The van der Waals surface area contributed by atoms with Crippen LogP contribution >= 0.6 is 12.2 Å². The Bertz CT molecular complexity index is 573. The number of hydrazine groups is 1. The van der Waals surface area contributed by atoms with Gasteiger partial charge in [-0.05, 0) is 36.0 Å². The van der Waals surface area contributed by atoms with Gasteiger partial charge in [0, 0.05) is 12.1 Å². The van der Waals surface area contributed by atoms with E-state index >= 15 is 0 Å². The SMILES string of the molecule is CCNC(=S)N[NH+]=Cc1cccc2ccccc12. The quantitative estimate of drug-likeness (QED) is 0.432. The molecule has 0 fully saturated rings. The van der Waals surface area contributed by atoms with E-state index in [0.717, 1.165) is 12.1 Å². The number of fused-ring (bicyclic) bond motifs is 1. The number of benzene rings is 2. The summed E-state index contributed by atoms with van der Waals surface area (Å²) in [4.78, 5) is 0.